The predicted molar refractivity (Wildman–Crippen MR) is 131 cm³/mol. The molecule has 2 heterocycles. The standard InChI is InChI=1S/C24H24Cl2N4O4/c1-32-21-6-3-16(13-22(21)33-2)19-5-8-23(28-27-19)29-9-11-30(12-10-29)24(31)15-34-20-7-4-17(25)14-18(20)26/h3-8,13-14H,9-12,15H2,1-2H3. The maximum atomic E-state index is 12.6. The third-order valence-corrected chi connectivity index (χ3v) is 6.06. The Bertz CT molecular complexity index is 1150. The second kappa shape index (κ2) is 10.8. The van der Waals surface area contributed by atoms with Crippen molar-refractivity contribution in [1.82, 2.24) is 15.1 Å². The number of hydrogen-bond donors (Lipinski definition) is 0. The molecule has 1 aliphatic rings. The molecule has 3 aromatic rings. The van der Waals surface area contributed by atoms with Gasteiger partial charge in [0.25, 0.3) is 5.91 Å². The van der Waals surface area contributed by atoms with Crippen LogP contribution in [0, 0.1) is 0 Å². The highest BCUT2D eigenvalue weighted by Crippen LogP contribution is 2.32. The van der Waals surface area contributed by atoms with Gasteiger partial charge in [-0.25, -0.2) is 0 Å². The van der Waals surface area contributed by atoms with Gasteiger partial charge in [-0.2, -0.15) is 0 Å². The topological polar surface area (TPSA) is 77.0 Å². The zero-order valence-corrected chi connectivity index (χ0v) is 20.3. The van der Waals surface area contributed by atoms with Gasteiger partial charge in [0.2, 0.25) is 0 Å². The first-order chi connectivity index (χ1) is 16.5. The van der Waals surface area contributed by atoms with Crippen LogP contribution in [0.1, 0.15) is 0 Å². The van der Waals surface area contributed by atoms with E-state index in [-0.39, 0.29) is 12.5 Å². The van der Waals surface area contributed by atoms with Crippen LogP contribution < -0.4 is 19.1 Å². The van der Waals surface area contributed by atoms with E-state index < -0.39 is 0 Å². The number of carbonyl (C=O) groups is 1. The Labute approximate surface area is 207 Å². The van der Waals surface area contributed by atoms with Gasteiger partial charge in [-0.3, -0.25) is 4.79 Å². The second-order valence-corrected chi connectivity index (χ2v) is 8.42. The Hall–Kier alpha value is -3.23. The van der Waals surface area contributed by atoms with Crippen molar-refractivity contribution in [1.29, 1.82) is 0 Å². The molecule has 1 saturated heterocycles. The summed E-state index contributed by atoms with van der Waals surface area (Å²) in [6.45, 7) is 2.35. The van der Waals surface area contributed by atoms with Crippen LogP contribution in [0.15, 0.2) is 48.5 Å². The van der Waals surface area contributed by atoms with Gasteiger partial charge in [0.1, 0.15) is 5.75 Å². The number of anilines is 1. The fourth-order valence-electron chi connectivity index (χ4n) is 3.65. The van der Waals surface area contributed by atoms with Crippen molar-refractivity contribution >= 4 is 34.9 Å². The van der Waals surface area contributed by atoms with Crippen molar-refractivity contribution in [3.8, 4) is 28.5 Å². The van der Waals surface area contributed by atoms with E-state index in [1.807, 2.05) is 30.3 Å². The van der Waals surface area contributed by atoms with Crippen molar-refractivity contribution in [2.45, 2.75) is 0 Å². The Morgan fingerprint density at radius 1 is 0.882 bits per heavy atom. The van der Waals surface area contributed by atoms with Gasteiger partial charge in [-0.15, -0.1) is 10.2 Å². The Morgan fingerprint density at radius 3 is 2.26 bits per heavy atom. The lowest BCUT2D eigenvalue weighted by Crippen LogP contribution is -2.50. The Morgan fingerprint density at radius 2 is 1.62 bits per heavy atom. The molecule has 1 fully saturated rings. The molecule has 4 rings (SSSR count). The molecule has 2 aromatic carbocycles. The van der Waals surface area contributed by atoms with Crippen LogP contribution in [0.25, 0.3) is 11.3 Å². The fraction of sp³-hybridized carbons (Fsp3) is 0.292. The van der Waals surface area contributed by atoms with Crippen LogP contribution in [0.5, 0.6) is 17.2 Å². The minimum atomic E-state index is -0.0967. The van der Waals surface area contributed by atoms with Crippen molar-refractivity contribution in [3.63, 3.8) is 0 Å². The monoisotopic (exact) mass is 502 g/mol. The average Bonchev–Trinajstić information content (AvgIpc) is 2.87. The van der Waals surface area contributed by atoms with Crippen molar-refractivity contribution in [2.75, 3.05) is 51.9 Å². The van der Waals surface area contributed by atoms with E-state index in [1.165, 1.54) is 0 Å². The van der Waals surface area contributed by atoms with Crippen molar-refractivity contribution in [2.24, 2.45) is 0 Å². The van der Waals surface area contributed by atoms with E-state index in [0.717, 1.165) is 17.1 Å². The molecule has 0 spiro atoms. The third-order valence-electron chi connectivity index (χ3n) is 5.53. The van der Waals surface area contributed by atoms with Gasteiger partial charge >= 0.3 is 0 Å². The molecule has 0 aliphatic carbocycles. The molecule has 0 bridgehead atoms. The van der Waals surface area contributed by atoms with E-state index in [1.54, 1.807) is 37.3 Å². The highest BCUT2D eigenvalue weighted by Gasteiger charge is 2.23. The molecule has 10 heteroatoms. The number of nitrogens with zero attached hydrogens (tertiary/aromatic N) is 4. The Balaban J connectivity index is 1.32. The molecule has 1 aromatic heterocycles. The summed E-state index contributed by atoms with van der Waals surface area (Å²) in [5.41, 5.74) is 1.62. The lowest BCUT2D eigenvalue weighted by atomic mass is 10.1. The molecule has 178 valence electrons. The zero-order chi connectivity index (χ0) is 24.1. The average molecular weight is 503 g/mol. The van der Waals surface area contributed by atoms with Crippen LogP contribution in [0.2, 0.25) is 10.0 Å². The number of benzene rings is 2. The number of piperazine rings is 1. The van der Waals surface area contributed by atoms with E-state index in [9.17, 15) is 4.79 Å². The van der Waals surface area contributed by atoms with Crippen LogP contribution >= 0.6 is 23.2 Å². The summed E-state index contributed by atoms with van der Waals surface area (Å²) in [6.07, 6.45) is 0. The quantitative estimate of drug-likeness (QED) is 0.479. The summed E-state index contributed by atoms with van der Waals surface area (Å²) >= 11 is 12.0. The Kier molecular flexibility index (Phi) is 7.59. The molecule has 0 saturated carbocycles. The summed E-state index contributed by atoms with van der Waals surface area (Å²) in [5.74, 6) is 2.39. The number of halogens is 2. The van der Waals surface area contributed by atoms with E-state index in [2.05, 4.69) is 15.1 Å². The first-order valence-corrected chi connectivity index (χ1v) is 11.4. The second-order valence-electron chi connectivity index (χ2n) is 7.58. The first kappa shape index (κ1) is 23.9. The van der Waals surface area contributed by atoms with Gasteiger partial charge in [0.05, 0.1) is 24.9 Å². The van der Waals surface area contributed by atoms with Gasteiger partial charge < -0.3 is 24.0 Å². The van der Waals surface area contributed by atoms with Crippen LogP contribution in [-0.4, -0.2) is 68.0 Å². The van der Waals surface area contributed by atoms with Gasteiger partial charge in [0.15, 0.2) is 23.9 Å². The molecule has 0 atom stereocenters. The fourth-order valence-corrected chi connectivity index (χ4v) is 4.11. The third kappa shape index (κ3) is 5.46. The number of rotatable bonds is 7. The van der Waals surface area contributed by atoms with Crippen molar-refractivity contribution in [3.05, 3.63) is 58.6 Å². The summed E-state index contributed by atoms with van der Waals surface area (Å²) in [7, 11) is 3.20. The van der Waals surface area contributed by atoms with Gasteiger partial charge in [-0.1, -0.05) is 23.2 Å². The lowest BCUT2D eigenvalue weighted by molar-refractivity contribution is -0.133. The number of amides is 1. The number of hydrogen-bond acceptors (Lipinski definition) is 7. The van der Waals surface area contributed by atoms with Gasteiger partial charge in [-0.05, 0) is 48.5 Å². The maximum absolute atomic E-state index is 12.6. The maximum Gasteiger partial charge on any atom is 0.260 e. The van der Waals surface area contributed by atoms with Crippen LogP contribution in [-0.2, 0) is 4.79 Å². The number of aromatic nitrogens is 2. The predicted octanol–water partition coefficient (Wildman–Crippen LogP) is 4.20. The highest BCUT2D eigenvalue weighted by molar-refractivity contribution is 6.35. The number of methoxy groups -OCH3 is 2. The molecule has 8 nitrogen and oxygen atoms in total. The van der Waals surface area contributed by atoms with E-state index >= 15 is 0 Å². The molecule has 1 aliphatic heterocycles. The first-order valence-electron chi connectivity index (χ1n) is 10.6. The zero-order valence-electron chi connectivity index (χ0n) is 18.8. The summed E-state index contributed by atoms with van der Waals surface area (Å²) in [5, 5.41) is 9.65. The minimum Gasteiger partial charge on any atom is -0.493 e. The molecule has 1 amide bonds. The van der Waals surface area contributed by atoms with E-state index in [4.69, 9.17) is 37.4 Å². The number of ether oxygens (including phenoxy) is 3. The van der Waals surface area contributed by atoms with Crippen LogP contribution in [0.3, 0.4) is 0 Å². The largest absolute Gasteiger partial charge is 0.493 e. The smallest absolute Gasteiger partial charge is 0.260 e. The molecule has 0 N–H and O–H groups in total. The van der Waals surface area contributed by atoms with Gasteiger partial charge in [0, 0.05) is 36.8 Å². The molecule has 34 heavy (non-hydrogen) atoms. The lowest BCUT2D eigenvalue weighted by Gasteiger charge is -2.35. The minimum absolute atomic E-state index is 0.0822. The molecule has 0 unspecified atom stereocenters. The summed E-state index contributed by atoms with van der Waals surface area (Å²) in [4.78, 5) is 16.4. The molecular formula is C24H24Cl2N4O4. The van der Waals surface area contributed by atoms with E-state index in [0.29, 0.717) is 53.5 Å². The van der Waals surface area contributed by atoms with Crippen LogP contribution in [0.4, 0.5) is 5.82 Å². The normalized spacial score (nSPS) is 13.5. The highest BCUT2D eigenvalue weighted by atomic mass is 35.5. The summed E-state index contributed by atoms with van der Waals surface area (Å²) in [6, 6.07) is 14.4. The number of carbonyl (C=O) groups excluding carboxylic acids is 1. The molecular weight excluding hydrogens is 479 g/mol. The molecule has 0 radical (unpaired) electrons. The summed E-state index contributed by atoms with van der Waals surface area (Å²) < 4.78 is 16.2. The van der Waals surface area contributed by atoms with Crippen molar-refractivity contribution < 1.29 is 19.0 Å². The SMILES string of the molecule is COc1ccc(-c2ccc(N3CCN(C(=O)COc4ccc(Cl)cc4Cl)CC3)nn2)cc1OC.